The van der Waals surface area contributed by atoms with Crippen molar-refractivity contribution < 1.29 is 4.79 Å². The number of carbonyl (C=O) groups is 1. The van der Waals surface area contributed by atoms with Gasteiger partial charge in [0.1, 0.15) is 0 Å². The van der Waals surface area contributed by atoms with Crippen molar-refractivity contribution in [3.05, 3.63) is 79.5 Å². The Morgan fingerprint density at radius 2 is 1.94 bits per heavy atom. The summed E-state index contributed by atoms with van der Waals surface area (Å²) in [4.78, 5) is 43.5. The van der Waals surface area contributed by atoms with Crippen molar-refractivity contribution >= 4 is 28.4 Å². The SMILES string of the molecule is CCC1CCCCN1CCCNC(=O)c1ccc2c(=O)n(Cc3ccc(Cl)cc3)c(=O)[nH]c2c1. The van der Waals surface area contributed by atoms with Gasteiger partial charge in [0.15, 0.2) is 0 Å². The van der Waals surface area contributed by atoms with Crippen molar-refractivity contribution in [2.24, 2.45) is 0 Å². The van der Waals surface area contributed by atoms with Crippen LogP contribution in [-0.4, -0.2) is 46.0 Å². The molecule has 1 saturated heterocycles. The molecule has 3 aromatic rings. The van der Waals surface area contributed by atoms with E-state index < -0.39 is 11.2 Å². The highest BCUT2D eigenvalue weighted by atomic mass is 35.5. The average Bonchev–Trinajstić information content (AvgIpc) is 2.85. The van der Waals surface area contributed by atoms with E-state index in [0.717, 1.165) is 29.6 Å². The molecule has 0 aliphatic carbocycles. The van der Waals surface area contributed by atoms with Crippen molar-refractivity contribution in [2.45, 2.75) is 51.6 Å². The first-order valence-electron chi connectivity index (χ1n) is 12.0. The third-order valence-corrected chi connectivity index (χ3v) is 6.88. The standard InChI is InChI=1S/C26H31ClN4O3/c1-2-21-6-3-4-14-30(21)15-5-13-28-24(32)19-9-12-22-23(16-19)29-26(34)31(25(22)33)17-18-7-10-20(27)11-8-18/h7-12,16,21H,2-6,13-15,17H2,1H3,(H,28,32)(H,29,34). The van der Waals surface area contributed by atoms with Crippen LogP contribution >= 0.6 is 11.6 Å². The fraction of sp³-hybridized carbons (Fsp3) is 0.423. The Balaban J connectivity index is 1.41. The van der Waals surface area contributed by atoms with Crippen molar-refractivity contribution in [3.8, 4) is 0 Å². The Hall–Kier alpha value is -2.90. The molecule has 1 atom stereocenters. The van der Waals surface area contributed by atoms with E-state index in [1.807, 2.05) is 0 Å². The van der Waals surface area contributed by atoms with E-state index in [1.165, 1.54) is 25.7 Å². The van der Waals surface area contributed by atoms with Crippen molar-refractivity contribution in [2.75, 3.05) is 19.6 Å². The first-order valence-corrected chi connectivity index (χ1v) is 12.4. The molecule has 1 unspecified atom stereocenters. The predicted molar refractivity (Wildman–Crippen MR) is 136 cm³/mol. The van der Waals surface area contributed by atoms with Crippen LogP contribution in [0.2, 0.25) is 5.02 Å². The zero-order valence-corrected chi connectivity index (χ0v) is 20.2. The number of nitrogens with one attached hydrogen (secondary N) is 2. The monoisotopic (exact) mass is 482 g/mol. The van der Waals surface area contributed by atoms with Crippen molar-refractivity contribution in [1.82, 2.24) is 19.8 Å². The van der Waals surface area contributed by atoms with Crippen LogP contribution in [0.3, 0.4) is 0 Å². The molecular weight excluding hydrogens is 452 g/mol. The number of nitrogens with zero attached hydrogens (tertiary/aromatic N) is 2. The first kappa shape index (κ1) is 24.2. The largest absolute Gasteiger partial charge is 0.352 e. The van der Waals surface area contributed by atoms with Gasteiger partial charge in [0.05, 0.1) is 17.4 Å². The molecular formula is C26H31ClN4O3. The molecule has 1 amide bonds. The molecule has 2 aromatic carbocycles. The maximum atomic E-state index is 12.9. The first-order chi connectivity index (χ1) is 16.5. The summed E-state index contributed by atoms with van der Waals surface area (Å²) in [5, 5.41) is 3.91. The number of piperidine rings is 1. The van der Waals surface area contributed by atoms with Gasteiger partial charge in [-0.15, -0.1) is 0 Å². The number of rotatable bonds is 8. The zero-order valence-electron chi connectivity index (χ0n) is 19.5. The molecule has 8 heteroatoms. The Morgan fingerprint density at radius 3 is 2.71 bits per heavy atom. The van der Waals surface area contributed by atoms with Gasteiger partial charge in [-0.1, -0.05) is 37.1 Å². The molecule has 1 aromatic heterocycles. The maximum Gasteiger partial charge on any atom is 0.329 e. The van der Waals surface area contributed by atoms with Crippen LogP contribution in [0.15, 0.2) is 52.1 Å². The van der Waals surface area contributed by atoms with E-state index in [-0.39, 0.29) is 12.5 Å². The molecule has 2 N–H and O–H groups in total. The number of hydrogen-bond donors (Lipinski definition) is 2. The zero-order chi connectivity index (χ0) is 24.1. The van der Waals surface area contributed by atoms with Gasteiger partial charge < -0.3 is 15.2 Å². The lowest BCUT2D eigenvalue weighted by molar-refractivity contribution is 0.0947. The minimum absolute atomic E-state index is 0.138. The highest BCUT2D eigenvalue weighted by molar-refractivity contribution is 6.30. The second-order valence-corrected chi connectivity index (χ2v) is 9.35. The molecule has 1 aliphatic rings. The quantitative estimate of drug-likeness (QED) is 0.478. The molecule has 4 rings (SSSR count). The summed E-state index contributed by atoms with van der Waals surface area (Å²) in [6.45, 7) is 5.08. The Kier molecular flexibility index (Phi) is 7.85. The number of benzene rings is 2. The number of fused-ring (bicyclic) bond motifs is 1. The van der Waals surface area contributed by atoms with E-state index in [2.05, 4.69) is 22.1 Å². The number of hydrogen-bond acceptors (Lipinski definition) is 4. The predicted octanol–water partition coefficient (Wildman–Crippen LogP) is 3.78. The Bertz CT molecular complexity index is 1270. The molecule has 0 bridgehead atoms. The number of halogens is 1. The maximum absolute atomic E-state index is 12.9. The molecule has 180 valence electrons. The second-order valence-electron chi connectivity index (χ2n) is 8.91. The number of H-pyrrole nitrogens is 1. The lowest BCUT2D eigenvalue weighted by Crippen LogP contribution is -2.40. The summed E-state index contributed by atoms with van der Waals surface area (Å²) in [6, 6.07) is 12.4. The fourth-order valence-electron chi connectivity index (χ4n) is 4.71. The van der Waals surface area contributed by atoms with Gasteiger partial charge in [-0.2, -0.15) is 0 Å². The highest BCUT2D eigenvalue weighted by Gasteiger charge is 2.20. The highest BCUT2D eigenvalue weighted by Crippen LogP contribution is 2.19. The molecule has 0 radical (unpaired) electrons. The van der Waals surface area contributed by atoms with Crippen LogP contribution < -0.4 is 16.6 Å². The van der Waals surface area contributed by atoms with E-state index in [4.69, 9.17) is 11.6 Å². The molecule has 0 saturated carbocycles. The second kappa shape index (κ2) is 11.0. The lowest BCUT2D eigenvalue weighted by atomic mass is 10.00. The molecule has 1 aliphatic heterocycles. The number of amides is 1. The molecule has 34 heavy (non-hydrogen) atoms. The van der Waals surface area contributed by atoms with E-state index in [0.29, 0.717) is 34.1 Å². The van der Waals surface area contributed by atoms with Gasteiger partial charge in [-0.25, -0.2) is 4.79 Å². The van der Waals surface area contributed by atoms with Gasteiger partial charge in [0.25, 0.3) is 11.5 Å². The van der Waals surface area contributed by atoms with Gasteiger partial charge in [0.2, 0.25) is 0 Å². The summed E-state index contributed by atoms with van der Waals surface area (Å²) in [7, 11) is 0. The Morgan fingerprint density at radius 1 is 1.15 bits per heavy atom. The van der Waals surface area contributed by atoms with Crippen LogP contribution in [0, 0.1) is 0 Å². The van der Waals surface area contributed by atoms with Crippen molar-refractivity contribution in [3.63, 3.8) is 0 Å². The number of carbonyl (C=O) groups excluding carboxylic acids is 1. The van der Waals surface area contributed by atoms with Gasteiger partial charge in [-0.3, -0.25) is 14.2 Å². The number of likely N-dealkylation sites (tertiary alicyclic amines) is 1. The van der Waals surface area contributed by atoms with E-state index >= 15 is 0 Å². The number of aromatic nitrogens is 2. The van der Waals surface area contributed by atoms with Gasteiger partial charge in [0, 0.05) is 29.7 Å². The van der Waals surface area contributed by atoms with Gasteiger partial charge in [-0.05, 0) is 68.1 Å². The van der Waals surface area contributed by atoms with E-state index in [9.17, 15) is 14.4 Å². The van der Waals surface area contributed by atoms with Crippen LogP contribution in [-0.2, 0) is 6.54 Å². The summed E-state index contributed by atoms with van der Waals surface area (Å²) in [5.74, 6) is -0.209. The minimum atomic E-state index is -0.517. The smallest absolute Gasteiger partial charge is 0.329 e. The topological polar surface area (TPSA) is 87.2 Å². The fourth-order valence-corrected chi connectivity index (χ4v) is 4.84. The third kappa shape index (κ3) is 5.59. The molecule has 1 fully saturated rings. The average molecular weight is 483 g/mol. The molecule has 2 heterocycles. The minimum Gasteiger partial charge on any atom is -0.352 e. The third-order valence-electron chi connectivity index (χ3n) is 6.63. The summed E-state index contributed by atoms with van der Waals surface area (Å²) in [5.41, 5.74) is 0.656. The van der Waals surface area contributed by atoms with Crippen LogP contribution in [0.4, 0.5) is 0 Å². The summed E-state index contributed by atoms with van der Waals surface area (Å²) < 4.78 is 1.15. The molecule has 7 nitrogen and oxygen atoms in total. The Labute approximate surface area is 203 Å². The van der Waals surface area contributed by atoms with Crippen LogP contribution in [0.5, 0.6) is 0 Å². The number of aromatic amines is 1. The molecule has 0 spiro atoms. The van der Waals surface area contributed by atoms with Crippen molar-refractivity contribution in [1.29, 1.82) is 0 Å². The lowest BCUT2D eigenvalue weighted by Gasteiger charge is -2.35. The van der Waals surface area contributed by atoms with Crippen LogP contribution in [0.1, 0.15) is 54.9 Å². The normalized spacial score (nSPS) is 16.6. The van der Waals surface area contributed by atoms with Gasteiger partial charge >= 0.3 is 5.69 Å². The summed E-state index contributed by atoms with van der Waals surface area (Å²) >= 11 is 5.91. The summed E-state index contributed by atoms with van der Waals surface area (Å²) in [6.07, 6.45) is 5.88. The van der Waals surface area contributed by atoms with E-state index in [1.54, 1.807) is 42.5 Å². The van der Waals surface area contributed by atoms with Crippen LogP contribution in [0.25, 0.3) is 10.9 Å².